The van der Waals surface area contributed by atoms with Crippen molar-refractivity contribution < 1.29 is 25.5 Å². The standard InChI is InChI=1S/C23H26N4O5S2.2H2/c1-31-18-5-8-21(32-2)16(15-18)9-11-24-20-10-13-27(22(20)28)17-3-6-19(7-4-17)34(29,30)26-23-25-12-14-33-23;;/h3-8,12,14-15,20,24H,9-11,13H2,1-2H3,(H,25,26);2*1H/t20-;;/m0../s1. The Hall–Kier alpha value is -3.15. The van der Waals surface area contributed by atoms with Crippen molar-refractivity contribution in [2.75, 3.05) is 36.9 Å². The van der Waals surface area contributed by atoms with E-state index in [1.165, 1.54) is 29.7 Å². The lowest BCUT2D eigenvalue weighted by atomic mass is 10.1. The summed E-state index contributed by atoms with van der Waals surface area (Å²) < 4.78 is 38.2. The van der Waals surface area contributed by atoms with Gasteiger partial charge in [0.1, 0.15) is 11.5 Å². The molecule has 1 aliphatic rings. The molecule has 0 aliphatic carbocycles. The summed E-state index contributed by atoms with van der Waals surface area (Å²) in [4.78, 5) is 18.7. The van der Waals surface area contributed by atoms with Crippen LogP contribution in [0.2, 0.25) is 0 Å². The zero-order valence-electron chi connectivity index (χ0n) is 18.9. The van der Waals surface area contributed by atoms with E-state index in [0.29, 0.717) is 36.8 Å². The maximum absolute atomic E-state index is 12.9. The maximum Gasteiger partial charge on any atom is 0.263 e. The normalized spacial score (nSPS) is 16.0. The van der Waals surface area contributed by atoms with E-state index in [0.717, 1.165) is 17.1 Å². The molecule has 2 N–H and O–H groups in total. The Labute approximate surface area is 205 Å². The SMILES string of the molecule is COc1ccc(OC)c(CCN[C@H]2CCN(c3ccc(S(=O)(=O)Nc4nccs4)cc3)C2=O)c1.[HH].[HH]. The first-order valence-corrected chi connectivity index (χ1v) is 13.1. The molecule has 1 atom stereocenters. The van der Waals surface area contributed by atoms with Gasteiger partial charge in [0, 0.05) is 33.2 Å². The fraction of sp³-hybridized carbons (Fsp3) is 0.304. The highest BCUT2D eigenvalue weighted by Crippen LogP contribution is 2.26. The number of ether oxygens (including phenoxy) is 2. The third-order valence-electron chi connectivity index (χ3n) is 5.59. The number of amides is 1. The molecule has 184 valence electrons. The highest BCUT2D eigenvalue weighted by atomic mass is 32.2. The van der Waals surface area contributed by atoms with Crippen molar-refractivity contribution in [2.45, 2.75) is 23.8 Å². The Morgan fingerprint density at radius 2 is 1.97 bits per heavy atom. The quantitative estimate of drug-likeness (QED) is 0.434. The monoisotopic (exact) mass is 506 g/mol. The molecule has 1 fully saturated rings. The van der Waals surface area contributed by atoms with Gasteiger partial charge < -0.3 is 19.7 Å². The minimum absolute atomic E-state index is 0. The van der Waals surface area contributed by atoms with E-state index in [9.17, 15) is 13.2 Å². The lowest BCUT2D eigenvalue weighted by Crippen LogP contribution is -2.39. The molecular formula is C23H30N4O5S2. The number of carbonyl (C=O) groups excluding carboxylic acids is 1. The molecule has 0 radical (unpaired) electrons. The highest BCUT2D eigenvalue weighted by molar-refractivity contribution is 7.93. The molecule has 1 saturated heterocycles. The molecule has 1 aromatic heterocycles. The van der Waals surface area contributed by atoms with E-state index in [-0.39, 0.29) is 19.7 Å². The predicted molar refractivity (Wildman–Crippen MR) is 136 cm³/mol. The molecular weight excluding hydrogens is 476 g/mol. The van der Waals surface area contributed by atoms with Crippen LogP contribution in [-0.2, 0) is 21.2 Å². The van der Waals surface area contributed by atoms with Gasteiger partial charge in [-0.1, -0.05) is 0 Å². The number of thiazole rings is 1. The fourth-order valence-corrected chi connectivity index (χ4v) is 5.63. The Morgan fingerprint density at radius 1 is 1.18 bits per heavy atom. The minimum atomic E-state index is -3.73. The van der Waals surface area contributed by atoms with Crippen molar-refractivity contribution in [3.8, 4) is 11.5 Å². The first-order chi connectivity index (χ1) is 16.4. The second-order valence-electron chi connectivity index (χ2n) is 7.65. The minimum Gasteiger partial charge on any atom is -0.497 e. The average Bonchev–Trinajstić information content (AvgIpc) is 3.48. The summed E-state index contributed by atoms with van der Waals surface area (Å²) in [6, 6.07) is 11.6. The van der Waals surface area contributed by atoms with E-state index >= 15 is 0 Å². The van der Waals surface area contributed by atoms with Crippen LogP contribution < -0.4 is 24.4 Å². The number of rotatable bonds is 10. The largest absolute Gasteiger partial charge is 0.497 e. The van der Waals surface area contributed by atoms with Crippen LogP contribution >= 0.6 is 11.3 Å². The van der Waals surface area contributed by atoms with Gasteiger partial charge in [-0.25, -0.2) is 13.4 Å². The predicted octanol–water partition coefficient (Wildman–Crippen LogP) is 3.39. The van der Waals surface area contributed by atoms with Crippen molar-refractivity contribution in [1.82, 2.24) is 10.3 Å². The molecule has 11 heteroatoms. The van der Waals surface area contributed by atoms with E-state index < -0.39 is 10.0 Å². The van der Waals surface area contributed by atoms with Gasteiger partial charge in [0.05, 0.1) is 25.2 Å². The zero-order chi connectivity index (χ0) is 24.1. The number of hydrogen-bond acceptors (Lipinski definition) is 8. The summed E-state index contributed by atoms with van der Waals surface area (Å²) in [5.74, 6) is 1.50. The number of aromatic nitrogens is 1. The molecule has 0 unspecified atom stereocenters. The Morgan fingerprint density at radius 3 is 2.65 bits per heavy atom. The number of benzene rings is 2. The molecule has 0 bridgehead atoms. The van der Waals surface area contributed by atoms with Crippen molar-refractivity contribution >= 4 is 38.1 Å². The zero-order valence-corrected chi connectivity index (χ0v) is 20.5. The number of nitrogens with zero attached hydrogens (tertiary/aromatic N) is 2. The molecule has 3 aromatic rings. The summed E-state index contributed by atoms with van der Waals surface area (Å²) in [6.07, 6.45) is 2.88. The summed E-state index contributed by atoms with van der Waals surface area (Å²) in [6.45, 7) is 1.16. The number of carbonyl (C=O) groups is 1. The van der Waals surface area contributed by atoms with Gasteiger partial charge in [-0.05, 0) is 60.9 Å². The Balaban J connectivity index is 0.00000228. The van der Waals surface area contributed by atoms with Gasteiger partial charge in [0.15, 0.2) is 5.13 Å². The summed E-state index contributed by atoms with van der Waals surface area (Å²) in [7, 11) is -0.486. The molecule has 34 heavy (non-hydrogen) atoms. The third-order valence-corrected chi connectivity index (χ3v) is 7.76. The van der Waals surface area contributed by atoms with Crippen LogP contribution in [0.5, 0.6) is 11.5 Å². The lowest BCUT2D eigenvalue weighted by molar-refractivity contribution is -0.118. The average molecular weight is 507 g/mol. The summed E-state index contributed by atoms with van der Waals surface area (Å²) in [5.41, 5.74) is 1.66. The molecule has 2 heterocycles. The van der Waals surface area contributed by atoms with Crippen molar-refractivity contribution in [2.24, 2.45) is 0 Å². The number of anilines is 2. The van der Waals surface area contributed by atoms with Crippen LogP contribution in [0, 0.1) is 0 Å². The van der Waals surface area contributed by atoms with E-state index in [4.69, 9.17) is 9.47 Å². The summed E-state index contributed by atoms with van der Waals surface area (Å²) >= 11 is 1.20. The second-order valence-corrected chi connectivity index (χ2v) is 10.2. The highest BCUT2D eigenvalue weighted by Gasteiger charge is 2.32. The molecule has 1 aliphatic heterocycles. The van der Waals surface area contributed by atoms with Gasteiger partial charge in [0.2, 0.25) is 5.91 Å². The van der Waals surface area contributed by atoms with Gasteiger partial charge >= 0.3 is 0 Å². The molecule has 0 spiro atoms. The Bertz CT molecular complexity index is 1240. The van der Waals surface area contributed by atoms with Gasteiger partial charge in [-0.3, -0.25) is 9.52 Å². The number of methoxy groups -OCH3 is 2. The first-order valence-electron chi connectivity index (χ1n) is 10.7. The van der Waals surface area contributed by atoms with Crippen molar-refractivity contribution in [3.05, 3.63) is 59.6 Å². The van der Waals surface area contributed by atoms with Crippen molar-refractivity contribution in [3.63, 3.8) is 0 Å². The molecule has 2 aromatic carbocycles. The van der Waals surface area contributed by atoms with Crippen LogP contribution in [0.1, 0.15) is 14.8 Å². The molecule has 1 amide bonds. The number of nitrogens with one attached hydrogen (secondary N) is 2. The van der Waals surface area contributed by atoms with Crippen LogP contribution in [0.3, 0.4) is 0 Å². The maximum atomic E-state index is 12.9. The van der Waals surface area contributed by atoms with Gasteiger partial charge in [0.25, 0.3) is 10.0 Å². The van der Waals surface area contributed by atoms with E-state index in [2.05, 4.69) is 15.0 Å². The van der Waals surface area contributed by atoms with E-state index in [1.807, 2.05) is 18.2 Å². The lowest BCUT2D eigenvalue weighted by Gasteiger charge is -2.18. The fourth-order valence-electron chi connectivity index (χ4n) is 3.84. The van der Waals surface area contributed by atoms with Crippen molar-refractivity contribution in [1.29, 1.82) is 0 Å². The molecule has 9 nitrogen and oxygen atoms in total. The number of hydrogen-bond donors (Lipinski definition) is 2. The smallest absolute Gasteiger partial charge is 0.263 e. The van der Waals surface area contributed by atoms with Crippen LogP contribution in [0.15, 0.2) is 58.9 Å². The van der Waals surface area contributed by atoms with Crippen LogP contribution in [0.25, 0.3) is 0 Å². The first kappa shape index (κ1) is 24.0. The van der Waals surface area contributed by atoms with E-state index in [1.54, 1.807) is 36.6 Å². The van der Waals surface area contributed by atoms with Gasteiger partial charge in [-0.2, -0.15) is 0 Å². The second kappa shape index (κ2) is 10.4. The molecule has 0 saturated carbocycles. The van der Waals surface area contributed by atoms with Gasteiger partial charge in [-0.15, -0.1) is 11.3 Å². The summed E-state index contributed by atoms with van der Waals surface area (Å²) in [5, 5.41) is 5.33. The van der Waals surface area contributed by atoms with Crippen LogP contribution in [-0.4, -0.2) is 52.7 Å². The Kier molecular flexibility index (Phi) is 7.35. The topological polar surface area (TPSA) is 110 Å². The van der Waals surface area contributed by atoms with Crippen LogP contribution in [0.4, 0.5) is 10.8 Å². The number of sulfonamides is 1. The molecule has 4 rings (SSSR count). The third kappa shape index (κ3) is 5.32.